The molecule has 1 aliphatic rings. The Hall–Kier alpha value is -1.12. The number of thioether (sulfide) groups is 1. The SMILES string of the molecule is O=C1CN(C(=O)NCCSC(F)(F)F)CCN1. The number of piperazine rings is 1. The first-order valence-corrected chi connectivity index (χ1v) is 5.87. The molecule has 1 saturated heterocycles. The molecule has 1 rings (SSSR count). The molecule has 0 aliphatic carbocycles. The van der Waals surface area contributed by atoms with Crippen molar-refractivity contribution in [3.63, 3.8) is 0 Å². The fourth-order valence-corrected chi connectivity index (χ4v) is 1.68. The minimum Gasteiger partial charge on any atom is -0.353 e. The van der Waals surface area contributed by atoms with Gasteiger partial charge in [-0.3, -0.25) is 4.79 Å². The van der Waals surface area contributed by atoms with Gasteiger partial charge >= 0.3 is 11.5 Å². The van der Waals surface area contributed by atoms with Crippen LogP contribution in [0.15, 0.2) is 0 Å². The number of halogens is 3. The topological polar surface area (TPSA) is 61.4 Å². The van der Waals surface area contributed by atoms with Crippen LogP contribution in [0.4, 0.5) is 18.0 Å². The lowest BCUT2D eigenvalue weighted by molar-refractivity contribution is -0.123. The van der Waals surface area contributed by atoms with Gasteiger partial charge in [0, 0.05) is 25.4 Å². The summed E-state index contributed by atoms with van der Waals surface area (Å²) in [6.07, 6.45) is 0. The van der Waals surface area contributed by atoms with E-state index in [4.69, 9.17) is 0 Å². The van der Waals surface area contributed by atoms with E-state index in [1.807, 2.05) is 0 Å². The largest absolute Gasteiger partial charge is 0.441 e. The van der Waals surface area contributed by atoms with Gasteiger partial charge in [-0.2, -0.15) is 13.2 Å². The molecule has 0 aromatic rings. The van der Waals surface area contributed by atoms with Crippen molar-refractivity contribution in [2.75, 3.05) is 31.9 Å². The van der Waals surface area contributed by atoms with Crippen molar-refractivity contribution < 1.29 is 22.8 Å². The van der Waals surface area contributed by atoms with E-state index in [2.05, 4.69) is 10.6 Å². The second kappa shape index (κ2) is 5.99. The van der Waals surface area contributed by atoms with E-state index < -0.39 is 11.5 Å². The molecular formula is C8H12F3N3O2S. The van der Waals surface area contributed by atoms with Crippen molar-refractivity contribution in [3.05, 3.63) is 0 Å². The number of hydrogen-bond acceptors (Lipinski definition) is 3. The number of rotatable bonds is 3. The summed E-state index contributed by atoms with van der Waals surface area (Å²) in [7, 11) is 0. The van der Waals surface area contributed by atoms with Gasteiger partial charge in [-0.15, -0.1) is 0 Å². The third-order valence-electron chi connectivity index (χ3n) is 1.97. The monoisotopic (exact) mass is 271 g/mol. The van der Waals surface area contributed by atoms with Crippen LogP contribution in [-0.4, -0.2) is 54.3 Å². The molecule has 2 N–H and O–H groups in total. The van der Waals surface area contributed by atoms with Crippen molar-refractivity contribution in [2.24, 2.45) is 0 Å². The van der Waals surface area contributed by atoms with Crippen LogP contribution in [0.2, 0.25) is 0 Å². The van der Waals surface area contributed by atoms with Crippen LogP contribution in [0.5, 0.6) is 0 Å². The molecule has 0 aromatic carbocycles. The normalized spacial score (nSPS) is 16.6. The average molecular weight is 271 g/mol. The van der Waals surface area contributed by atoms with Gasteiger partial charge in [-0.05, 0) is 11.8 Å². The Bertz CT molecular complexity index is 298. The lowest BCUT2D eigenvalue weighted by Crippen LogP contribution is -2.53. The van der Waals surface area contributed by atoms with E-state index in [-0.39, 0.29) is 36.5 Å². The third-order valence-corrected chi connectivity index (χ3v) is 2.71. The van der Waals surface area contributed by atoms with E-state index >= 15 is 0 Å². The summed E-state index contributed by atoms with van der Waals surface area (Å²) >= 11 is -0.190. The molecule has 3 amide bonds. The minimum atomic E-state index is -4.28. The van der Waals surface area contributed by atoms with E-state index in [9.17, 15) is 22.8 Å². The molecule has 98 valence electrons. The summed E-state index contributed by atoms with van der Waals surface area (Å²) in [5.74, 6) is -0.508. The van der Waals surface area contributed by atoms with Gasteiger partial charge in [0.15, 0.2) is 0 Å². The van der Waals surface area contributed by atoms with Gasteiger partial charge < -0.3 is 15.5 Å². The predicted octanol–water partition coefficient (Wildman–Crippen LogP) is 0.381. The number of carbonyl (C=O) groups is 2. The van der Waals surface area contributed by atoms with Crippen molar-refractivity contribution in [1.29, 1.82) is 0 Å². The van der Waals surface area contributed by atoms with Crippen molar-refractivity contribution >= 4 is 23.7 Å². The number of amides is 3. The smallest absolute Gasteiger partial charge is 0.353 e. The molecule has 5 nitrogen and oxygen atoms in total. The summed E-state index contributed by atoms with van der Waals surface area (Å²) in [4.78, 5) is 23.6. The predicted molar refractivity (Wildman–Crippen MR) is 56.5 cm³/mol. The Labute approximate surface area is 100 Å². The molecular weight excluding hydrogens is 259 g/mol. The van der Waals surface area contributed by atoms with Gasteiger partial charge in [0.25, 0.3) is 0 Å². The Balaban J connectivity index is 2.18. The maximum Gasteiger partial charge on any atom is 0.441 e. The molecule has 9 heteroatoms. The Morgan fingerprint density at radius 2 is 2.24 bits per heavy atom. The first-order valence-electron chi connectivity index (χ1n) is 4.88. The van der Waals surface area contributed by atoms with Gasteiger partial charge in [0.1, 0.15) is 6.54 Å². The molecule has 1 heterocycles. The van der Waals surface area contributed by atoms with Crippen LogP contribution >= 0.6 is 11.8 Å². The second-order valence-electron chi connectivity index (χ2n) is 3.30. The summed E-state index contributed by atoms with van der Waals surface area (Å²) in [5, 5.41) is 4.87. The van der Waals surface area contributed by atoms with Crippen LogP contribution in [-0.2, 0) is 4.79 Å². The molecule has 0 aromatic heterocycles. The highest BCUT2D eigenvalue weighted by Crippen LogP contribution is 2.29. The molecule has 0 radical (unpaired) electrons. The fraction of sp³-hybridized carbons (Fsp3) is 0.750. The summed E-state index contributed by atoms with van der Waals surface area (Å²) < 4.78 is 35.3. The molecule has 0 atom stereocenters. The van der Waals surface area contributed by atoms with Crippen LogP contribution in [0.3, 0.4) is 0 Å². The zero-order chi connectivity index (χ0) is 12.9. The van der Waals surface area contributed by atoms with Crippen LogP contribution in [0.1, 0.15) is 0 Å². The minimum absolute atomic E-state index is 0.0573. The zero-order valence-electron chi connectivity index (χ0n) is 8.84. The number of nitrogens with one attached hydrogen (secondary N) is 2. The van der Waals surface area contributed by atoms with Crippen molar-refractivity contribution in [1.82, 2.24) is 15.5 Å². The summed E-state index contributed by atoms with van der Waals surface area (Å²) in [6, 6.07) is -0.511. The number of urea groups is 1. The van der Waals surface area contributed by atoms with Crippen LogP contribution in [0.25, 0.3) is 0 Å². The van der Waals surface area contributed by atoms with E-state index in [0.717, 1.165) is 0 Å². The standard InChI is InChI=1S/C8H12F3N3O2S/c9-8(10,11)17-4-2-13-7(16)14-3-1-12-6(15)5-14/h1-5H2,(H,12,15)(H,13,16). The fourth-order valence-electron chi connectivity index (χ4n) is 1.25. The molecule has 0 unspecified atom stereocenters. The lowest BCUT2D eigenvalue weighted by Gasteiger charge is -2.26. The molecule has 0 saturated carbocycles. The number of alkyl halides is 3. The summed E-state index contributed by atoms with van der Waals surface area (Å²) in [6.45, 7) is 0.590. The van der Waals surface area contributed by atoms with Gasteiger partial charge in [0.2, 0.25) is 5.91 Å². The Morgan fingerprint density at radius 1 is 1.53 bits per heavy atom. The number of carbonyl (C=O) groups excluding carboxylic acids is 2. The van der Waals surface area contributed by atoms with Crippen molar-refractivity contribution in [3.8, 4) is 0 Å². The first-order chi connectivity index (χ1) is 7.88. The quantitative estimate of drug-likeness (QED) is 0.730. The average Bonchev–Trinajstić information content (AvgIpc) is 2.23. The molecule has 1 fully saturated rings. The highest BCUT2D eigenvalue weighted by Gasteiger charge is 2.27. The maximum atomic E-state index is 11.8. The molecule has 1 aliphatic heterocycles. The van der Waals surface area contributed by atoms with E-state index in [1.54, 1.807) is 0 Å². The first kappa shape index (κ1) is 13.9. The highest BCUT2D eigenvalue weighted by molar-refractivity contribution is 8.00. The summed E-state index contributed by atoms with van der Waals surface area (Å²) in [5.41, 5.74) is -4.28. The molecule has 0 bridgehead atoms. The van der Waals surface area contributed by atoms with Crippen LogP contribution < -0.4 is 10.6 Å². The molecule has 0 spiro atoms. The van der Waals surface area contributed by atoms with E-state index in [1.165, 1.54) is 4.90 Å². The second-order valence-corrected chi connectivity index (χ2v) is 4.46. The van der Waals surface area contributed by atoms with Gasteiger partial charge in [-0.25, -0.2) is 4.79 Å². The number of hydrogen-bond donors (Lipinski definition) is 2. The number of nitrogens with zero attached hydrogens (tertiary/aromatic N) is 1. The van der Waals surface area contributed by atoms with Crippen molar-refractivity contribution in [2.45, 2.75) is 5.51 Å². The Morgan fingerprint density at radius 3 is 2.82 bits per heavy atom. The van der Waals surface area contributed by atoms with Crippen LogP contribution in [0, 0.1) is 0 Å². The van der Waals surface area contributed by atoms with Gasteiger partial charge in [0.05, 0.1) is 0 Å². The maximum absolute atomic E-state index is 11.8. The lowest BCUT2D eigenvalue weighted by atomic mass is 10.4. The third kappa shape index (κ3) is 5.66. The van der Waals surface area contributed by atoms with Gasteiger partial charge in [-0.1, -0.05) is 0 Å². The zero-order valence-corrected chi connectivity index (χ0v) is 9.66. The highest BCUT2D eigenvalue weighted by atomic mass is 32.2. The van der Waals surface area contributed by atoms with E-state index in [0.29, 0.717) is 13.1 Å². The molecule has 17 heavy (non-hydrogen) atoms. The Kier molecular flexibility index (Phi) is 4.91.